The van der Waals surface area contributed by atoms with E-state index in [0.717, 1.165) is 42.4 Å². The molecule has 3 aliphatic carbocycles. The van der Waals surface area contributed by atoms with E-state index in [1.165, 1.54) is 30.7 Å². The number of fused-ring (bicyclic) bond motifs is 5. The van der Waals surface area contributed by atoms with Gasteiger partial charge in [-0.25, -0.2) is 0 Å². The molecule has 4 rings (SSSR count). The lowest BCUT2D eigenvalue weighted by molar-refractivity contribution is 0.405. The van der Waals surface area contributed by atoms with Crippen LogP contribution in [-0.2, 0) is 19.9 Å². The van der Waals surface area contributed by atoms with Crippen molar-refractivity contribution in [2.75, 3.05) is 0 Å². The van der Waals surface area contributed by atoms with Gasteiger partial charge in [0.1, 0.15) is 0 Å². The molecule has 0 aromatic carbocycles. The van der Waals surface area contributed by atoms with E-state index in [-0.39, 0.29) is 0 Å². The first-order valence-corrected chi connectivity index (χ1v) is 7.96. The summed E-state index contributed by atoms with van der Waals surface area (Å²) in [6.07, 6.45) is 6.52. The zero-order chi connectivity index (χ0) is 13.1. The minimum atomic E-state index is 0.360. The van der Waals surface area contributed by atoms with Crippen LogP contribution in [0.25, 0.3) is 0 Å². The van der Waals surface area contributed by atoms with E-state index in [1.54, 1.807) is 0 Å². The summed E-state index contributed by atoms with van der Waals surface area (Å²) >= 11 is 0. The number of rotatable bonds is 4. The SMILES string of the molecule is CCc1cc(CC(N)C2C3C4CCC(C4)C23)n(C)n1. The zero-order valence-electron chi connectivity index (χ0n) is 12.0. The van der Waals surface area contributed by atoms with Gasteiger partial charge in [-0.3, -0.25) is 4.68 Å². The first kappa shape index (κ1) is 12.0. The van der Waals surface area contributed by atoms with Crippen LogP contribution in [0, 0.1) is 29.6 Å². The predicted octanol–water partition coefficient (Wildman–Crippen LogP) is 2.14. The molecule has 1 heterocycles. The highest BCUT2D eigenvalue weighted by molar-refractivity contribution is 5.18. The van der Waals surface area contributed by atoms with Crippen molar-refractivity contribution in [3.63, 3.8) is 0 Å². The summed E-state index contributed by atoms with van der Waals surface area (Å²) in [5.74, 6) is 4.87. The third-order valence-corrected chi connectivity index (χ3v) is 6.12. The minimum absolute atomic E-state index is 0.360. The number of hydrogen-bond acceptors (Lipinski definition) is 2. The van der Waals surface area contributed by atoms with Crippen LogP contribution < -0.4 is 5.73 Å². The van der Waals surface area contributed by atoms with Crippen LogP contribution in [0.1, 0.15) is 37.6 Å². The van der Waals surface area contributed by atoms with Crippen molar-refractivity contribution in [1.82, 2.24) is 9.78 Å². The molecule has 0 spiro atoms. The Balaban J connectivity index is 1.45. The fourth-order valence-electron chi connectivity index (χ4n) is 5.28. The monoisotopic (exact) mass is 259 g/mol. The Hall–Kier alpha value is -0.830. The Morgan fingerprint density at radius 1 is 1.37 bits per heavy atom. The van der Waals surface area contributed by atoms with Crippen LogP contribution in [0.5, 0.6) is 0 Å². The summed E-state index contributed by atoms with van der Waals surface area (Å²) in [7, 11) is 2.05. The lowest BCUT2D eigenvalue weighted by Crippen LogP contribution is -2.29. The summed E-state index contributed by atoms with van der Waals surface area (Å²) < 4.78 is 2.03. The normalized spacial score (nSPS) is 40.5. The molecule has 5 unspecified atom stereocenters. The second kappa shape index (κ2) is 4.08. The van der Waals surface area contributed by atoms with Crippen molar-refractivity contribution in [2.24, 2.45) is 42.4 Å². The predicted molar refractivity (Wildman–Crippen MR) is 75.6 cm³/mol. The van der Waals surface area contributed by atoms with E-state index in [4.69, 9.17) is 5.73 Å². The van der Waals surface area contributed by atoms with Crippen molar-refractivity contribution < 1.29 is 0 Å². The summed E-state index contributed by atoms with van der Waals surface area (Å²) in [5.41, 5.74) is 9.05. The molecular formula is C16H25N3. The first-order valence-electron chi connectivity index (χ1n) is 7.96. The maximum Gasteiger partial charge on any atom is 0.0624 e. The van der Waals surface area contributed by atoms with Gasteiger partial charge < -0.3 is 5.73 Å². The van der Waals surface area contributed by atoms with Gasteiger partial charge in [0.2, 0.25) is 0 Å². The molecule has 3 saturated carbocycles. The Morgan fingerprint density at radius 2 is 2.05 bits per heavy atom. The Kier molecular flexibility index (Phi) is 2.57. The van der Waals surface area contributed by atoms with Crippen molar-refractivity contribution in [3.8, 4) is 0 Å². The average Bonchev–Trinajstić information content (AvgIpc) is 2.71. The number of aryl methyl sites for hydroxylation is 2. The van der Waals surface area contributed by atoms with Gasteiger partial charge in [0.25, 0.3) is 0 Å². The van der Waals surface area contributed by atoms with Crippen LogP contribution in [0.4, 0.5) is 0 Å². The Bertz CT molecular complexity index is 476. The van der Waals surface area contributed by atoms with E-state index in [0.29, 0.717) is 6.04 Å². The van der Waals surface area contributed by atoms with Crippen molar-refractivity contribution in [2.45, 2.75) is 45.1 Å². The van der Waals surface area contributed by atoms with Crippen LogP contribution >= 0.6 is 0 Å². The van der Waals surface area contributed by atoms with Crippen molar-refractivity contribution >= 4 is 0 Å². The molecule has 0 aliphatic heterocycles. The van der Waals surface area contributed by atoms with Gasteiger partial charge in [-0.1, -0.05) is 6.92 Å². The second-order valence-electron chi connectivity index (χ2n) is 7.04. The van der Waals surface area contributed by atoms with Gasteiger partial charge in [0.15, 0.2) is 0 Å². The van der Waals surface area contributed by atoms with Crippen LogP contribution in [0.3, 0.4) is 0 Å². The van der Waals surface area contributed by atoms with Gasteiger partial charge in [0.05, 0.1) is 5.69 Å². The first-order chi connectivity index (χ1) is 9.19. The van der Waals surface area contributed by atoms with Crippen LogP contribution in [0.2, 0.25) is 0 Å². The van der Waals surface area contributed by atoms with Gasteiger partial charge >= 0.3 is 0 Å². The fraction of sp³-hybridized carbons (Fsp3) is 0.812. The van der Waals surface area contributed by atoms with Gasteiger partial charge in [-0.05, 0) is 61.3 Å². The van der Waals surface area contributed by atoms with Gasteiger partial charge in [-0.2, -0.15) is 5.10 Å². The number of nitrogens with zero attached hydrogens (tertiary/aromatic N) is 2. The third kappa shape index (κ3) is 1.70. The largest absolute Gasteiger partial charge is 0.327 e. The van der Waals surface area contributed by atoms with E-state index < -0.39 is 0 Å². The molecule has 2 bridgehead atoms. The summed E-state index contributed by atoms with van der Waals surface area (Å²) in [6.45, 7) is 2.16. The van der Waals surface area contributed by atoms with Crippen LogP contribution in [-0.4, -0.2) is 15.8 Å². The summed E-state index contributed by atoms with van der Waals surface area (Å²) in [6, 6.07) is 2.60. The van der Waals surface area contributed by atoms with E-state index >= 15 is 0 Å². The molecule has 3 fully saturated rings. The molecule has 19 heavy (non-hydrogen) atoms. The molecule has 0 radical (unpaired) electrons. The second-order valence-corrected chi connectivity index (χ2v) is 7.04. The molecule has 2 N–H and O–H groups in total. The maximum absolute atomic E-state index is 6.53. The average molecular weight is 259 g/mol. The highest BCUT2D eigenvalue weighted by Gasteiger charge is 2.66. The van der Waals surface area contributed by atoms with E-state index in [2.05, 4.69) is 25.1 Å². The highest BCUT2D eigenvalue weighted by Crippen LogP contribution is 2.70. The van der Waals surface area contributed by atoms with E-state index in [9.17, 15) is 0 Å². The topological polar surface area (TPSA) is 43.8 Å². The highest BCUT2D eigenvalue weighted by atomic mass is 15.3. The van der Waals surface area contributed by atoms with Crippen molar-refractivity contribution in [3.05, 3.63) is 17.5 Å². The molecule has 3 aliphatic rings. The number of nitrogens with two attached hydrogens (primary N) is 1. The molecule has 104 valence electrons. The quantitative estimate of drug-likeness (QED) is 0.900. The fourth-order valence-corrected chi connectivity index (χ4v) is 5.28. The Morgan fingerprint density at radius 3 is 2.63 bits per heavy atom. The molecule has 3 nitrogen and oxygen atoms in total. The molecule has 3 heteroatoms. The molecule has 0 amide bonds. The maximum atomic E-state index is 6.53. The minimum Gasteiger partial charge on any atom is -0.327 e. The standard InChI is InChI=1S/C16H25N3/c1-3-11-7-12(19(2)18-11)8-13(17)16-14-9-4-5-10(6-9)15(14)16/h7,9-10,13-16H,3-6,8,17H2,1-2H3. The summed E-state index contributed by atoms with van der Waals surface area (Å²) in [5, 5.41) is 4.54. The van der Waals surface area contributed by atoms with E-state index in [1.807, 2.05) is 4.68 Å². The molecule has 1 aromatic rings. The smallest absolute Gasteiger partial charge is 0.0624 e. The Labute approximate surface area is 115 Å². The lowest BCUT2D eigenvalue weighted by atomic mass is 9.95. The molecule has 1 aromatic heterocycles. The van der Waals surface area contributed by atoms with Gasteiger partial charge in [0, 0.05) is 25.2 Å². The van der Waals surface area contributed by atoms with Gasteiger partial charge in [-0.15, -0.1) is 0 Å². The molecule has 0 saturated heterocycles. The molecular weight excluding hydrogens is 234 g/mol. The number of hydrogen-bond donors (Lipinski definition) is 1. The summed E-state index contributed by atoms with van der Waals surface area (Å²) in [4.78, 5) is 0. The number of aromatic nitrogens is 2. The lowest BCUT2D eigenvalue weighted by Gasteiger charge is -2.16. The zero-order valence-corrected chi connectivity index (χ0v) is 12.0. The third-order valence-electron chi connectivity index (χ3n) is 6.12. The molecule has 5 atom stereocenters. The van der Waals surface area contributed by atoms with Crippen molar-refractivity contribution in [1.29, 1.82) is 0 Å². The van der Waals surface area contributed by atoms with Crippen LogP contribution in [0.15, 0.2) is 6.07 Å².